The van der Waals surface area contributed by atoms with E-state index in [4.69, 9.17) is 4.74 Å². The molecule has 5 heteroatoms. The van der Waals surface area contributed by atoms with Crippen molar-refractivity contribution in [3.8, 4) is 5.75 Å². The second-order valence-corrected chi connectivity index (χ2v) is 5.63. The first kappa shape index (κ1) is 15.8. The molecular formula is C16H20BrN3O. The van der Waals surface area contributed by atoms with Gasteiger partial charge in [0.1, 0.15) is 17.4 Å². The van der Waals surface area contributed by atoms with Crippen LogP contribution in [-0.2, 0) is 6.42 Å². The van der Waals surface area contributed by atoms with Crippen molar-refractivity contribution >= 4 is 21.7 Å². The third-order valence-electron chi connectivity index (χ3n) is 3.13. The fraction of sp³-hybridized carbons (Fsp3) is 0.375. The van der Waals surface area contributed by atoms with Crippen LogP contribution >= 0.6 is 15.9 Å². The van der Waals surface area contributed by atoms with E-state index in [1.54, 1.807) is 7.11 Å². The van der Waals surface area contributed by atoms with E-state index in [0.717, 1.165) is 40.5 Å². The van der Waals surface area contributed by atoms with Gasteiger partial charge in [-0.05, 0) is 47.0 Å². The summed E-state index contributed by atoms with van der Waals surface area (Å²) in [6.07, 6.45) is 1.77. The second kappa shape index (κ2) is 7.41. The van der Waals surface area contributed by atoms with Crippen molar-refractivity contribution in [1.29, 1.82) is 0 Å². The predicted octanol–water partition coefficient (Wildman–Crippen LogP) is 3.97. The lowest BCUT2D eigenvalue weighted by Gasteiger charge is -2.11. The third-order valence-corrected chi connectivity index (χ3v) is 4.08. The SMILES string of the molecule is CCCNc1nc(Cc2ccc(OC)cc2)nc(C)c1Br. The number of hydrogen-bond donors (Lipinski definition) is 1. The van der Waals surface area contributed by atoms with Crippen molar-refractivity contribution in [2.45, 2.75) is 26.7 Å². The summed E-state index contributed by atoms with van der Waals surface area (Å²) in [7, 11) is 1.67. The molecule has 0 radical (unpaired) electrons. The summed E-state index contributed by atoms with van der Waals surface area (Å²) in [6.45, 7) is 5.02. The van der Waals surface area contributed by atoms with E-state index >= 15 is 0 Å². The van der Waals surface area contributed by atoms with Gasteiger partial charge in [0.05, 0.1) is 17.3 Å². The molecule has 112 valence electrons. The van der Waals surface area contributed by atoms with E-state index in [0.29, 0.717) is 6.42 Å². The van der Waals surface area contributed by atoms with Crippen LogP contribution in [0.2, 0.25) is 0 Å². The highest BCUT2D eigenvalue weighted by molar-refractivity contribution is 9.10. The topological polar surface area (TPSA) is 47.0 Å². The lowest BCUT2D eigenvalue weighted by molar-refractivity contribution is 0.414. The van der Waals surface area contributed by atoms with Crippen LogP contribution < -0.4 is 10.1 Å². The van der Waals surface area contributed by atoms with Crippen molar-refractivity contribution in [3.05, 3.63) is 45.8 Å². The second-order valence-electron chi connectivity index (χ2n) is 4.84. The number of ether oxygens (including phenoxy) is 1. The average Bonchev–Trinajstić information content (AvgIpc) is 2.50. The molecule has 0 aliphatic heterocycles. The molecule has 4 nitrogen and oxygen atoms in total. The molecule has 0 saturated heterocycles. The molecule has 21 heavy (non-hydrogen) atoms. The van der Waals surface area contributed by atoms with Crippen molar-refractivity contribution in [1.82, 2.24) is 9.97 Å². The zero-order valence-electron chi connectivity index (χ0n) is 12.6. The van der Waals surface area contributed by atoms with Crippen LogP contribution in [0, 0.1) is 6.92 Å². The number of halogens is 1. The zero-order valence-corrected chi connectivity index (χ0v) is 14.2. The number of nitrogens with one attached hydrogen (secondary N) is 1. The number of benzene rings is 1. The van der Waals surface area contributed by atoms with Crippen LogP contribution in [0.5, 0.6) is 5.75 Å². The number of methoxy groups -OCH3 is 1. The maximum atomic E-state index is 5.17. The Morgan fingerprint density at radius 1 is 1.19 bits per heavy atom. The maximum Gasteiger partial charge on any atom is 0.144 e. The molecule has 0 bridgehead atoms. The van der Waals surface area contributed by atoms with Gasteiger partial charge in [-0.1, -0.05) is 19.1 Å². The molecule has 0 aliphatic rings. The van der Waals surface area contributed by atoms with Gasteiger partial charge in [-0.15, -0.1) is 0 Å². The van der Waals surface area contributed by atoms with Crippen molar-refractivity contribution in [2.24, 2.45) is 0 Å². The fourth-order valence-corrected chi connectivity index (χ4v) is 2.30. The van der Waals surface area contributed by atoms with E-state index in [9.17, 15) is 0 Å². The number of nitrogens with zero attached hydrogens (tertiary/aromatic N) is 2. The predicted molar refractivity (Wildman–Crippen MR) is 89.0 cm³/mol. The average molecular weight is 350 g/mol. The molecule has 0 amide bonds. The van der Waals surface area contributed by atoms with E-state index < -0.39 is 0 Å². The first-order chi connectivity index (χ1) is 10.1. The summed E-state index contributed by atoms with van der Waals surface area (Å²) in [6, 6.07) is 7.99. The maximum absolute atomic E-state index is 5.17. The number of rotatable bonds is 6. The standard InChI is InChI=1S/C16H20BrN3O/c1-4-9-18-16-15(17)11(2)19-14(20-16)10-12-5-7-13(21-3)8-6-12/h5-8H,4,9-10H2,1-3H3,(H,18,19,20). The Labute approximate surface area is 134 Å². The minimum Gasteiger partial charge on any atom is -0.497 e. The highest BCUT2D eigenvalue weighted by Gasteiger charge is 2.09. The van der Waals surface area contributed by atoms with Gasteiger partial charge >= 0.3 is 0 Å². The Hall–Kier alpha value is -1.62. The van der Waals surface area contributed by atoms with E-state index in [-0.39, 0.29) is 0 Å². The molecule has 2 aromatic rings. The van der Waals surface area contributed by atoms with Crippen LogP contribution in [0.25, 0.3) is 0 Å². The lowest BCUT2D eigenvalue weighted by Crippen LogP contribution is -2.08. The third kappa shape index (κ3) is 4.17. The van der Waals surface area contributed by atoms with Crippen LogP contribution in [0.4, 0.5) is 5.82 Å². The Balaban J connectivity index is 2.20. The van der Waals surface area contributed by atoms with Gasteiger partial charge in [0.15, 0.2) is 0 Å². The van der Waals surface area contributed by atoms with Crippen LogP contribution in [-0.4, -0.2) is 23.6 Å². The molecule has 0 unspecified atom stereocenters. The van der Waals surface area contributed by atoms with Crippen molar-refractivity contribution in [3.63, 3.8) is 0 Å². The molecule has 0 spiro atoms. The Kier molecular flexibility index (Phi) is 5.56. The van der Waals surface area contributed by atoms with Gasteiger partial charge in [0, 0.05) is 13.0 Å². The van der Waals surface area contributed by atoms with Crippen LogP contribution in [0.3, 0.4) is 0 Å². The molecule has 0 atom stereocenters. The quantitative estimate of drug-likeness (QED) is 0.856. The smallest absolute Gasteiger partial charge is 0.144 e. The number of aromatic nitrogens is 2. The first-order valence-electron chi connectivity index (χ1n) is 7.03. The van der Waals surface area contributed by atoms with Crippen molar-refractivity contribution < 1.29 is 4.74 Å². The summed E-state index contributed by atoms with van der Waals surface area (Å²) in [5, 5.41) is 3.33. The van der Waals surface area contributed by atoms with Crippen LogP contribution in [0.1, 0.15) is 30.4 Å². The molecule has 2 rings (SSSR count). The normalized spacial score (nSPS) is 10.5. The summed E-state index contributed by atoms with van der Waals surface area (Å²) >= 11 is 3.54. The molecule has 1 aromatic heterocycles. The van der Waals surface area contributed by atoms with E-state index in [2.05, 4.69) is 38.1 Å². The minimum absolute atomic E-state index is 0.707. The summed E-state index contributed by atoms with van der Waals surface area (Å²) in [5.74, 6) is 2.55. The van der Waals surface area contributed by atoms with E-state index in [1.165, 1.54) is 5.56 Å². The van der Waals surface area contributed by atoms with Gasteiger partial charge in [-0.3, -0.25) is 0 Å². The van der Waals surface area contributed by atoms with Gasteiger partial charge in [0.2, 0.25) is 0 Å². The Bertz CT molecular complexity index is 599. The van der Waals surface area contributed by atoms with Crippen molar-refractivity contribution in [2.75, 3.05) is 19.0 Å². The molecule has 1 aromatic carbocycles. The minimum atomic E-state index is 0.707. The van der Waals surface area contributed by atoms with Gasteiger partial charge < -0.3 is 10.1 Å². The zero-order chi connectivity index (χ0) is 15.2. The highest BCUT2D eigenvalue weighted by atomic mass is 79.9. The van der Waals surface area contributed by atoms with Gasteiger partial charge in [0.25, 0.3) is 0 Å². The Morgan fingerprint density at radius 2 is 1.90 bits per heavy atom. The first-order valence-corrected chi connectivity index (χ1v) is 7.83. The molecule has 1 heterocycles. The molecular weight excluding hydrogens is 330 g/mol. The molecule has 0 saturated carbocycles. The van der Waals surface area contributed by atoms with E-state index in [1.807, 2.05) is 31.2 Å². The van der Waals surface area contributed by atoms with Crippen LogP contribution in [0.15, 0.2) is 28.7 Å². The molecule has 0 fully saturated rings. The highest BCUT2D eigenvalue weighted by Crippen LogP contribution is 2.24. The summed E-state index contributed by atoms with van der Waals surface area (Å²) < 4.78 is 6.11. The fourth-order valence-electron chi connectivity index (χ4n) is 1.98. The monoisotopic (exact) mass is 349 g/mol. The summed E-state index contributed by atoms with van der Waals surface area (Å²) in [5.41, 5.74) is 2.12. The molecule has 1 N–H and O–H groups in total. The molecule has 0 aliphatic carbocycles. The largest absolute Gasteiger partial charge is 0.497 e. The number of hydrogen-bond acceptors (Lipinski definition) is 4. The lowest BCUT2D eigenvalue weighted by atomic mass is 10.1. The number of aryl methyl sites for hydroxylation is 1. The summed E-state index contributed by atoms with van der Waals surface area (Å²) in [4.78, 5) is 9.16. The van der Waals surface area contributed by atoms with Gasteiger partial charge in [-0.25, -0.2) is 9.97 Å². The van der Waals surface area contributed by atoms with Gasteiger partial charge in [-0.2, -0.15) is 0 Å². The Morgan fingerprint density at radius 3 is 2.52 bits per heavy atom. The number of anilines is 1.